The zero-order chi connectivity index (χ0) is 31.1. The summed E-state index contributed by atoms with van der Waals surface area (Å²) in [6.45, 7) is 9.17. The van der Waals surface area contributed by atoms with E-state index in [1.54, 1.807) is 6.92 Å². The highest BCUT2D eigenvalue weighted by atomic mass is 16.4. The van der Waals surface area contributed by atoms with Crippen molar-refractivity contribution in [3.05, 3.63) is 65.2 Å². The lowest BCUT2D eigenvalue weighted by Crippen LogP contribution is -2.54. The molecular weight excluding hydrogens is 532 g/mol. The Hall–Kier alpha value is -2.66. The zero-order valence-corrected chi connectivity index (χ0v) is 27.6. The topological polar surface area (TPSA) is 60.9 Å². The molecule has 2 unspecified atom stereocenters. The van der Waals surface area contributed by atoms with Gasteiger partial charge in [0.2, 0.25) is 0 Å². The molecule has 0 spiro atoms. The number of ketones is 1. The molecule has 0 aliphatic carbocycles. The lowest BCUT2D eigenvalue weighted by Gasteiger charge is -2.41. The highest BCUT2D eigenvalue weighted by Gasteiger charge is 2.41. The number of unbranched alkanes of at least 4 members (excludes halogenated alkanes) is 9. The summed E-state index contributed by atoms with van der Waals surface area (Å²) in [6.07, 6.45) is 18.0. The third kappa shape index (κ3) is 10.2. The van der Waals surface area contributed by atoms with E-state index in [1.807, 2.05) is 36.4 Å². The predicted molar refractivity (Wildman–Crippen MR) is 181 cm³/mol. The number of aliphatic carboxylic acids is 1. The van der Waals surface area contributed by atoms with Crippen LogP contribution in [0.4, 0.5) is 5.69 Å². The van der Waals surface area contributed by atoms with Gasteiger partial charge in [0, 0.05) is 24.3 Å². The molecule has 1 heterocycles. The number of nitrogens with zero attached hydrogens (tertiary/aromatic N) is 2. The van der Waals surface area contributed by atoms with E-state index in [-0.39, 0.29) is 5.78 Å². The molecule has 0 saturated carbocycles. The molecule has 5 heteroatoms. The van der Waals surface area contributed by atoms with E-state index in [2.05, 4.69) is 42.8 Å². The SMILES string of the molecule is CCCCCCCCCCCCN(C)C(CC)(Cc1ccc(C(C)C(=O)O)cc1)C(=O)c1ccc(N2CCCCC2)cc1. The van der Waals surface area contributed by atoms with Crippen molar-refractivity contribution in [1.29, 1.82) is 0 Å². The van der Waals surface area contributed by atoms with Gasteiger partial charge in [-0.2, -0.15) is 0 Å². The van der Waals surface area contributed by atoms with E-state index >= 15 is 0 Å². The summed E-state index contributed by atoms with van der Waals surface area (Å²) in [5.74, 6) is -1.20. The number of anilines is 1. The van der Waals surface area contributed by atoms with Crippen molar-refractivity contribution in [1.82, 2.24) is 4.90 Å². The molecule has 5 nitrogen and oxygen atoms in total. The molecule has 0 amide bonds. The normalized spacial score (nSPS) is 15.8. The maximum Gasteiger partial charge on any atom is 0.310 e. The standard InChI is InChI=1S/C38H58N2O3/c1-5-7-8-9-10-11-12-13-14-16-27-39(4)38(6-2,30-32-19-21-33(22-20-32)31(3)37(42)43)36(41)34-23-25-35(26-24-34)40-28-17-15-18-29-40/h19-26,31H,5-18,27-30H2,1-4H3,(H,42,43). The van der Waals surface area contributed by atoms with Crippen molar-refractivity contribution in [2.45, 2.75) is 129 Å². The molecule has 3 rings (SSSR count). The molecule has 2 atom stereocenters. The number of rotatable bonds is 20. The van der Waals surface area contributed by atoms with Crippen LogP contribution in [0.5, 0.6) is 0 Å². The molecule has 43 heavy (non-hydrogen) atoms. The molecule has 0 bridgehead atoms. The number of hydrogen-bond acceptors (Lipinski definition) is 4. The van der Waals surface area contributed by atoms with Crippen LogP contribution in [0, 0.1) is 0 Å². The Kier molecular flexibility index (Phi) is 14.8. The minimum Gasteiger partial charge on any atom is -0.481 e. The Bertz CT molecular complexity index is 1090. The summed E-state index contributed by atoms with van der Waals surface area (Å²) in [5.41, 5.74) is 3.17. The Balaban J connectivity index is 1.71. The van der Waals surface area contributed by atoms with Crippen molar-refractivity contribution in [3.63, 3.8) is 0 Å². The van der Waals surface area contributed by atoms with Gasteiger partial charge in [0.15, 0.2) is 5.78 Å². The first-order chi connectivity index (χ1) is 20.8. The summed E-state index contributed by atoms with van der Waals surface area (Å²) in [4.78, 5) is 30.7. The van der Waals surface area contributed by atoms with Gasteiger partial charge in [0.1, 0.15) is 0 Å². The Morgan fingerprint density at radius 2 is 1.37 bits per heavy atom. The van der Waals surface area contributed by atoms with E-state index < -0.39 is 17.4 Å². The number of benzene rings is 2. The molecule has 238 valence electrons. The first kappa shape index (κ1) is 34.8. The number of carboxylic acids is 1. The fourth-order valence-corrected chi connectivity index (χ4v) is 6.64. The highest BCUT2D eigenvalue weighted by molar-refractivity contribution is 6.03. The second-order valence-corrected chi connectivity index (χ2v) is 12.9. The van der Waals surface area contributed by atoms with E-state index in [9.17, 15) is 14.7 Å². The molecule has 0 radical (unpaired) electrons. The van der Waals surface area contributed by atoms with Crippen LogP contribution in [0.3, 0.4) is 0 Å². The van der Waals surface area contributed by atoms with Crippen molar-refractivity contribution < 1.29 is 14.7 Å². The van der Waals surface area contributed by atoms with Gasteiger partial charge in [-0.1, -0.05) is 95.9 Å². The lowest BCUT2D eigenvalue weighted by atomic mass is 9.79. The van der Waals surface area contributed by atoms with Crippen LogP contribution >= 0.6 is 0 Å². The molecule has 0 aromatic heterocycles. The summed E-state index contributed by atoms with van der Waals surface area (Å²) in [5, 5.41) is 9.44. The van der Waals surface area contributed by atoms with Gasteiger partial charge in [0.05, 0.1) is 11.5 Å². The fourth-order valence-electron chi connectivity index (χ4n) is 6.64. The smallest absolute Gasteiger partial charge is 0.310 e. The van der Waals surface area contributed by atoms with Crippen molar-refractivity contribution in [3.8, 4) is 0 Å². The van der Waals surface area contributed by atoms with Gasteiger partial charge in [-0.05, 0) is 94.4 Å². The Morgan fingerprint density at radius 3 is 1.91 bits per heavy atom. The van der Waals surface area contributed by atoms with Crippen LogP contribution in [0.15, 0.2) is 48.5 Å². The van der Waals surface area contributed by atoms with Gasteiger partial charge >= 0.3 is 5.97 Å². The maximum absolute atomic E-state index is 14.4. The molecular formula is C38H58N2O3. The monoisotopic (exact) mass is 590 g/mol. The molecule has 1 aliphatic heterocycles. The molecule has 2 aromatic rings. The van der Waals surface area contributed by atoms with Crippen molar-refractivity contribution in [2.24, 2.45) is 0 Å². The largest absolute Gasteiger partial charge is 0.481 e. The van der Waals surface area contributed by atoms with Crippen molar-refractivity contribution >= 4 is 17.4 Å². The Morgan fingerprint density at radius 1 is 0.814 bits per heavy atom. The molecule has 1 saturated heterocycles. The van der Waals surface area contributed by atoms with Crippen LogP contribution in [0.2, 0.25) is 0 Å². The highest BCUT2D eigenvalue weighted by Crippen LogP contribution is 2.31. The van der Waals surface area contributed by atoms with Crippen LogP contribution in [0.1, 0.15) is 138 Å². The van der Waals surface area contributed by atoms with Gasteiger partial charge in [-0.15, -0.1) is 0 Å². The number of carboxylic acid groups (broad SMARTS) is 1. The summed E-state index contributed by atoms with van der Waals surface area (Å²) < 4.78 is 0. The van der Waals surface area contributed by atoms with Gasteiger partial charge in [-0.3, -0.25) is 14.5 Å². The average molecular weight is 591 g/mol. The lowest BCUT2D eigenvalue weighted by molar-refractivity contribution is -0.138. The summed E-state index contributed by atoms with van der Waals surface area (Å²) >= 11 is 0. The quantitative estimate of drug-likeness (QED) is 0.123. The number of carbonyl (C=O) groups is 2. The number of piperidine rings is 1. The molecule has 1 aliphatic rings. The summed E-state index contributed by atoms with van der Waals surface area (Å²) in [6, 6.07) is 16.2. The summed E-state index contributed by atoms with van der Waals surface area (Å²) in [7, 11) is 2.12. The third-order valence-electron chi connectivity index (χ3n) is 9.78. The van der Waals surface area contributed by atoms with Gasteiger partial charge in [0.25, 0.3) is 0 Å². The zero-order valence-electron chi connectivity index (χ0n) is 27.6. The van der Waals surface area contributed by atoms with Crippen LogP contribution in [-0.4, -0.2) is 54.0 Å². The Labute approximate surface area is 262 Å². The van der Waals surface area contributed by atoms with Crippen LogP contribution in [-0.2, 0) is 11.2 Å². The minimum absolute atomic E-state index is 0.178. The maximum atomic E-state index is 14.4. The number of Topliss-reactive ketones (excluding diaryl/α,β-unsaturated/α-hetero) is 1. The van der Waals surface area contributed by atoms with Crippen molar-refractivity contribution in [2.75, 3.05) is 31.6 Å². The molecule has 1 fully saturated rings. The van der Waals surface area contributed by atoms with E-state index in [4.69, 9.17) is 0 Å². The number of carbonyl (C=O) groups excluding carboxylic acids is 1. The van der Waals surface area contributed by atoms with Gasteiger partial charge < -0.3 is 10.0 Å². The van der Waals surface area contributed by atoms with Gasteiger partial charge in [-0.25, -0.2) is 0 Å². The fraction of sp³-hybridized carbons (Fsp3) is 0.632. The molecule has 1 N–H and O–H groups in total. The van der Waals surface area contributed by atoms with E-state index in [1.165, 1.54) is 82.7 Å². The first-order valence-corrected chi connectivity index (χ1v) is 17.2. The van der Waals surface area contributed by atoms with Crippen LogP contribution < -0.4 is 4.90 Å². The third-order valence-corrected chi connectivity index (χ3v) is 9.78. The number of likely N-dealkylation sites (N-methyl/N-ethyl adjacent to an activating group) is 1. The van der Waals surface area contributed by atoms with Crippen LogP contribution in [0.25, 0.3) is 0 Å². The first-order valence-electron chi connectivity index (χ1n) is 17.2. The van der Waals surface area contributed by atoms with E-state index in [0.717, 1.165) is 42.7 Å². The number of hydrogen-bond donors (Lipinski definition) is 1. The second kappa shape index (κ2) is 18.2. The average Bonchev–Trinajstić information content (AvgIpc) is 3.04. The van der Waals surface area contributed by atoms with E-state index in [0.29, 0.717) is 12.8 Å². The second-order valence-electron chi connectivity index (χ2n) is 12.9. The predicted octanol–water partition coefficient (Wildman–Crippen LogP) is 9.29. The molecule has 2 aromatic carbocycles. The minimum atomic E-state index is -0.824.